The van der Waals surface area contributed by atoms with E-state index in [1.807, 2.05) is 18.2 Å². The first-order valence-electron chi connectivity index (χ1n) is 10.5. The van der Waals surface area contributed by atoms with Crippen LogP contribution in [-0.4, -0.2) is 19.7 Å². The average Bonchev–Trinajstić information content (AvgIpc) is 3.34. The number of hydrogen-bond acceptors (Lipinski definition) is 9. The molecular formula is C23H23N5O2S3. The molecule has 0 bridgehead atoms. The highest BCUT2D eigenvalue weighted by atomic mass is 32.2. The van der Waals surface area contributed by atoms with Crippen molar-refractivity contribution in [2.45, 2.75) is 31.9 Å². The highest BCUT2D eigenvalue weighted by Gasteiger charge is 2.09. The first-order valence-corrected chi connectivity index (χ1v) is 14.2. The third kappa shape index (κ3) is 6.83. The molecular weight excluding hydrogens is 474 g/mol. The van der Waals surface area contributed by atoms with Gasteiger partial charge in [0.25, 0.3) is 0 Å². The average molecular weight is 498 g/mol. The quantitative estimate of drug-likeness (QED) is 0.219. The van der Waals surface area contributed by atoms with Gasteiger partial charge in [-0.15, -0.1) is 20.5 Å². The van der Waals surface area contributed by atoms with Gasteiger partial charge in [-0.25, -0.2) is 13.4 Å². The highest BCUT2D eigenvalue weighted by molar-refractivity contribution is 7.89. The number of thiophene rings is 1. The molecule has 33 heavy (non-hydrogen) atoms. The van der Waals surface area contributed by atoms with Crippen LogP contribution in [0.15, 0.2) is 75.1 Å². The fraction of sp³-hybridized carbons (Fsp3) is 0.261. The molecule has 0 atom stereocenters. The molecule has 10 heteroatoms. The summed E-state index contributed by atoms with van der Waals surface area (Å²) in [6, 6.07) is 17.1. The fourth-order valence-corrected chi connectivity index (χ4v) is 5.73. The maximum absolute atomic E-state index is 11.4. The summed E-state index contributed by atoms with van der Waals surface area (Å²) in [7, 11) is -3.06. The Kier molecular flexibility index (Phi) is 7.36. The van der Waals surface area contributed by atoms with Gasteiger partial charge in [-0.05, 0) is 54.3 Å². The van der Waals surface area contributed by atoms with E-state index in [-0.39, 0.29) is 5.75 Å². The van der Waals surface area contributed by atoms with E-state index in [4.69, 9.17) is 0 Å². The van der Waals surface area contributed by atoms with Crippen LogP contribution in [0.2, 0.25) is 0 Å². The number of benzene rings is 2. The minimum absolute atomic E-state index is 0.0110. The van der Waals surface area contributed by atoms with Crippen molar-refractivity contribution in [3.8, 4) is 0 Å². The molecule has 0 aliphatic rings. The van der Waals surface area contributed by atoms with Crippen LogP contribution in [0.1, 0.15) is 30.9 Å². The number of unbranched alkanes of at least 4 members (excludes halogenated alkanes) is 1. The third-order valence-electron chi connectivity index (χ3n) is 4.70. The first kappa shape index (κ1) is 23.3. The van der Waals surface area contributed by atoms with Gasteiger partial charge >= 0.3 is 0 Å². The van der Waals surface area contributed by atoms with Crippen LogP contribution in [-0.2, 0) is 22.0 Å². The number of aromatic nitrogens is 1. The predicted octanol–water partition coefficient (Wildman–Crippen LogP) is 8.08. The molecule has 4 aromatic rings. The van der Waals surface area contributed by atoms with E-state index in [9.17, 15) is 8.42 Å². The molecule has 7 nitrogen and oxygen atoms in total. The largest absolute Gasteiger partial charge is 0.231 e. The molecule has 0 fully saturated rings. The lowest BCUT2D eigenvalue weighted by molar-refractivity contribution is 0.601. The van der Waals surface area contributed by atoms with Crippen molar-refractivity contribution in [3.63, 3.8) is 0 Å². The summed E-state index contributed by atoms with van der Waals surface area (Å²) in [6.45, 7) is 2.19. The van der Waals surface area contributed by atoms with Crippen molar-refractivity contribution in [3.05, 3.63) is 65.7 Å². The second kappa shape index (κ2) is 10.4. The van der Waals surface area contributed by atoms with Gasteiger partial charge in [0.05, 0.1) is 21.8 Å². The lowest BCUT2D eigenvalue weighted by atomic mass is 10.1. The maximum atomic E-state index is 11.4. The Bertz CT molecular complexity index is 1350. The molecule has 2 aromatic carbocycles. The summed E-state index contributed by atoms with van der Waals surface area (Å²) in [4.78, 5) is 5.35. The smallest absolute Gasteiger partial charge is 0.229 e. The molecule has 0 amide bonds. The Morgan fingerprint density at radius 2 is 1.48 bits per heavy atom. The molecule has 0 saturated carbocycles. The predicted molar refractivity (Wildman–Crippen MR) is 136 cm³/mol. The number of sulfone groups is 1. The van der Waals surface area contributed by atoms with Crippen LogP contribution in [0.25, 0.3) is 9.53 Å². The zero-order chi connectivity index (χ0) is 23.3. The zero-order valence-electron chi connectivity index (χ0n) is 18.3. The molecule has 0 unspecified atom stereocenters. The van der Waals surface area contributed by atoms with Gasteiger partial charge in [-0.1, -0.05) is 60.3 Å². The van der Waals surface area contributed by atoms with Gasteiger partial charge in [-0.3, -0.25) is 0 Å². The highest BCUT2D eigenvalue weighted by Crippen LogP contribution is 2.39. The molecule has 0 N–H and O–H groups in total. The topological polar surface area (TPSA) is 96.5 Å². The number of rotatable bonds is 9. The Balaban J connectivity index is 1.39. The number of fused-ring (bicyclic) bond motifs is 1. The number of azo groups is 2. The normalized spacial score (nSPS) is 12.4. The first-order chi connectivity index (χ1) is 15.9. The van der Waals surface area contributed by atoms with Gasteiger partial charge in [0.2, 0.25) is 5.13 Å². The molecule has 0 aliphatic heterocycles. The van der Waals surface area contributed by atoms with E-state index < -0.39 is 9.84 Å². The van der Waals surface area contributed by atoms with Crippen LogP contribution in [0, 0.1) is 0 Å². The molecule has 0 radical (unpaired) electrons. The summed E-state index contributed by atoms with van der Waals surface area (Å²) < 4.78 is 23.7. The summed E-state index contributed by atoms with van der Waals surface area (Å²) in [5, 5.41) is 18.4. The van der Waals surface area contributed by atoms with Crippen molar-refractivity contribution >= 4 is 63.5 Å². The summed E-state index contributed by atoms with van der Waals surface area (Å²) in [6.07, 6.45) is 4.69. The van der Waals surface area contributed by atoms with Crippen LogP contribution in [0.4, 0.5) is 21.5 Å². The number of aryl methyl sites for hydroxylation is 1. The van der Waals surface area contributed by atoms with Gasteiger partial charge in [0.1, 0.15) is 9.83 Å². The van der Waals surface area contributed by atoms with E-state index in [1.165, 1.54) is 47.3 Å². The zero-order valence-corrected chi connectivity index (χ0v) is 20.8. The summed E-state index contributed by atoms with van der Waals surface area (Å²) in [5.41, 5.74) is 3.52. The van der Waals surface area contributed by atoms with Crippen molar-refractivity contribution in [1.29, 1.82) is 0 Å². The summed E-state index contributed by atoms with van der Waals surface area (Å²) >= 11 is 2.90. The van der Waals surface area contributed by atoms with E-state index in [1.54, 1.807) is 24.3 Å². The minimum Gasteiger partial charge on any atom is -0.229 e. The lowest BCUT2D eigenvalue weighted by Gasteiger charge is -1.99. The minimum atomic E-state index is -3.06. The van der Waals surface area contributed by atoms with Gasteiger partial charge in [-0.2, -0.15) is 0 Å². The van der Waals surface area contributed by atoms with Crippen molar-refractivity contribution in [1.82, 2.24) is 4.98 Å². The second-order valence-electron chi connectivity index (χ2n) is 7.66. The lowest BCUT2D eigenvalue weighted by Crippen LogP contribution is -1.99. The number of hydrogen-bond donors (Lipinski definition) is 0. The van der Waals surface area contributed by atoms with Crippen molar-refractivity contribution in [2.75, 3.05) is 6.26 Å². The Labute approximate surface area is 200 Å². The van der Waals surface area contributed by atoms with Crippen LogP contribution >= 0.6 is 22.7 Å². The number of thiazole rings is 1. The Morgan fingerprint density at radius 3 is 2.09 bits per heavy atom. The second-order valence-corrected chi connectivity index (χ2v) is 11.8. The molecule has 0 saturated heterocycles. The molecule has 0 aliphatic carbocycles. The van der Waals surface area contributed by atoms with Crippen molar-refractivity contribution < 1.29 is 8.42 Å². The fourth-order valence-electron chi connectivity index (χ4n) is 3.08. The standard InChI is InChI=1S/C23H23N5O2S3/c1-3-4-5-16-6-10-18(11-7-16)25-27-21-14-20-22(32-21)24-23(31-20)28-26-19-12-8-17(9-13-19)15-33(2,29)30/h6-14H,3-5,15H2,1-2H3. The molecule has 2 aromatic heterocycles. The monoisotopic (exact) mass is 497 g/mol. The van der Waals surface area contributed by atoms with Gasteiger partial charge < -0.3 is 0 Å². The maximum Gasteiger partial charge on any atom is 0.231 e. The van der Waals surface area contributed by atoms with E-state index >= 15 is 0 Å². The SMILES string of the molecule is CCCCc1ccc(N=Nc2cc3sc(N=Nc4ccc(CS(C)(=O)=O)cc4)nc3s2)cc1. The summed E-state index contributed by atoms with van der Waals surface area (Å²) in [5.74, 6) is 0.0110. The molecule has 170 valence electrons. The van der Waals surface area contributed by atoms with E-state index in [2.05, 4.69) is 44.5 Å². The van der Waals surface area contributed by atoms with Crippen LogP contribution < -0.4 is 0 Å². The molecule has 2 heterocycles. The van der Waals surface area contributed by atoms with Crippen LogP contribution in [0.5, 0.6) is 0 Å². The van der Waals surface area contributed by atoms with Crippen molar-refractivity contribution in [2.24, 2.45) is 20.5 Å². The van der Waals surface area contributed by atoms with Gasteiger partial charge in [0, 0.05) is 6.26 Å². The third-order valence-corrected chi connectivity index (χ3v) is 7.49. The van der Waals surface area contributed by atoms with Crippen LogP contribution in [0.3, 0.4) is 0 Å². The Hall–Kier alpha value is -2.82. The van der Waals surface area contributed by atoms with Gasteiger partial charge in [0.15, 0.2) is 9.84 Å². The van der Waals surface area contributed by atoms with E-state index in [0.717, 1.165) is 32.2 Å². The molecule has 0 spiro atoms. The number of nitrogens with zero attached hydrogens (tertiary/aromatic N) is 5. The van der Waals surface area contributed by atoms with E-state index in [0.29, 0.717) is 10.8 Å². The Morgan fingerprint density at radius 1 is 0.848 bits per heavy atom. The molecule has 4 rings (SSSR count).